The monoisotopic (exact) mass is 368 g/mol. The van der Waals surface area contributed by atoms with Gasteiger partial charge in [-0.2, -0.15) is 0 Å². The number of Topliss-reactive ketones (excluding diaryl/α,β-unsaturated/α-hetero) is 1. The van der Waals surface area contributed by atoms with Crippen LogP contribution in [0.25, 0.3) is 0 Å². The molecule has 6 rings (SSSR count). The average Bonchev–Trinajstić information content (AvgIpc) is 3.00. The van der Waals surface area contributed by atoms with Gasteiger partial charge in [0, 0.05) is 11.8 Å². The van der Waals surface area contributed by atoms with Gasteiger partial charge in [0.15, 0.2) is 0 Å². The number of fused-ring (bicyclic) bond motifs is 3. The number of allylic oxidation sites excluding steroid dienone is 1. The highest BCUT2D eigenvalue weighted by Crippen LogP contribution is 2.83. The summed E-state index contributed by atoms with van der Waals surface area (Å²) >= 11 is 7.43. The number of hydrogen-bond donors (Lipinski definition) is 0. The molecule has 6 fully saturated rings. The first-order valence-corrected chi connectivity index (χ1v) is 8.87. The van der Waals surface area contributed by atoms with Crippen molar-refractivity contribution < 1.29 is 4.79 Å². The molecule has 0 saturated heterocycles. The molecule has 94 valence electrons. The van der Waals surface area contributed by atoms with E-state index in [0.717, 1.165) is 47.3 Å². The molecule has 0 radical (unpaired) electrons. The summed E-state index contributed by atoms with van der Waals surface area (Å²) in [5.41, 5.74) is 1.68. The zero-order valence-corrected chi connectivity index (χ0v) is 13.0. The minimum absolute atomic E-state index is 0.459. The molecule has 6 aliphatic rings. The van der Waals surface area contributed by atoms with Crippen molar-refractivity contribution >= 4 is 37.6 Å². The van der Waals surface area contributed by atoms with Crippen molar-refractivity contribution in [3.05, 3.63) is 8.96 Å². The molecule has 1 nitrogen and oxygen atoms in total. The molecule has 0 aromatic rings. The zero-order chi connectivity index (χ0) is 11.9. The second kappa shape index (κ2) is 2.72. The minimum atomic E-state index is 0.459. The van der Waals surface area contributed by atoms with Crippen LogP contribution in [0.4, 0.5) is 0 Å². The van der Waals surface area contributed by atoms with Crippen molar-refractivity contribution in [3.63, 3.8) is 0 Å². The van der Waals surface area contributed by atoms with Gasteiger partial charge in [0.25, 0.3) is 0 Å². The molecule has 18 heavy (non-hydrogen) atoms. The molecule has 0 aromatic carbocycles. The fourth-order valence-corrected chi connectivity index (χ4v) is 9.08. The van der Waals surface area contributed by atoms with E-state index in [9.17, 15) is 4.79 Å². The van der Waals surface area contributed by atoms with Crippen LogP contribution < -0.4 is 0 Å². The largest absolute Gasteiger partial charge is 0.299 e. The highest BCUT2D eigenvalue weighted by molar-refractivity contribution is 9.28. The third-order valence-electron chi connectivity index (χ3n) is 7.73. The second-order valence-electron chi connectivity index (χ2n) is 7.49. The lowest BCUT2D eigenvalue weighted by atomic mass is 9.71. The molecule has 0 spiro atoms. The van der Waals surface area contributed by atoms with Gasteiger partial charge in [-0.05, 0) is 97.6 Å². The summed E-state index contributed by atoms with van der Waals surface area (Å²) < 4.78 is 1.23. The molecule has 0 N–H and O–H groups in total. The second-order valence-corrected chi connectivity index (χ2v) is 10.1. The quantitative estimate of drug-likeness (QED) is 0.637. The van der Waals surface area contributed by atoms with Crippen LogP contribution in [-0.4, -0.2) is 5.78 Å². The zero-order valence-electron chi connectivity index (χ0n) is 9.85. The van der Waals surface area contributed by atoms with Crippen LogP contribution in [0.2, 0.25) is 0 Å². The van der Waals surface area contributed by atoms with Gasteiger partial charge < -0.3 is 0 Å². The van der Waals surface area contributed by atoms with Gasteiger partial charge in [-0.15, -0.1) is 0 Å². The number of hydrogen-bond acceptors (Lipinski definition) is 1. The Hall–Kier alpha value is 0.370. The molecule has 6 saturated carbocycles. The number of carbonyl (C=O) groups excluding carboxylic acids is 1. The lowest BCUT2D eigenvalue weighted by Gasteiger charge is -2.33. The summed E-state index contributed by atoms with van der Waals surface area (Å²) in [6.07, 6.45) is 2.56. The van der Waals surface area contributed by atoms with Crippen LogP contribution in [0, 0.1) is 59.2 Å². The maximum Gasteiger partial charge on any atom is 0.139 e. The Morgan fingerprint density at radius 2 is 1.61 bits per heavy atom. The fraction of sp³-hybridized carbons (Fsp3) is 0.800. The number of rotatable bonds is 0. The van der Waals surface area contributed by atoms with Gasteiger partial charge in [-0.3, -0.25) is 4.79 Å². The predicted octanol–water partition coefficient (Wildman–Crippen LogP) is 3.58. The normalized spacial score (nSPS) is 68.1. The lowest BCUT2D eigenvalue weighted by Crippen LogP contribution is -2.33. The van der Waals surface area contributed by atoms with E-state index in [1.165, 1.54) is 16.2 Å². The van der Waals surface area contributed by atoms with Crippen molar-refractivity contribution in [1.82, 2.24) is 0 Å². The summed E-state index contributed by atoms with van der Waals surface area (Å²) in [7, 11) is 0. The van der Waals surface area contributed by atoms with E-state index in [1.807, 2.05) is 0 Å². The van der Waals surface area contributed by atoms with Gasteiger partial charge in [0.05, 0.1) is 3.39 Å². The van der Waals surface area contributed by atoms with E-state index in [-0.39, 0.29) is 0 Å². The molecule has 0 aromatic heterocycles. The van der Waals surface area contributed by atoms with Crippen LogP contribution >= 0.6 is 31.9 Å². The Labute approximate surface area is 123 Å². The first-order chi connectivity index (χ1) is 8.70. The summed E-state index contributed by atoms with van der Waals surface area (Å²) in [6.45, 7) is 0. The van der Waals surface area contributed by atoms with Crippen LogP contribution in [0.3, 0.4) is 0 Å². The Kier molecular flexibility index (Phi) is 1.53. The van der Waals surface area contributed by atoms with Crippen LogP contribution in [0.5, 0.6) is 0 Å². The number of carbonyl (C=O) groups is 1. The standard InChI is InChI=1S/C15H14Br2O/c16-15(17)13-5-2-6-11-8(5)7-3-1-4(10(7)13)12(9(3)11)14(6)18/h3-12H,1-2H2. The predicted molar refractivity (Wildman–Crippen MR) is 74.0 cm³/mol. The van der Waals surface area contributed by atoms with Gasteiger partial charge in [0.1, 0.15) is 5.78 Å². The summed E-state index contributed by atoms with van der Waals surface area (Å²) in [5, 5.41) is 0. The first kappa shape index (κ1) is 10.1. The van der Waals surface area contributed by atoms with E-state index in [4.69, 9.17) is 0 Å². The molecule has 6 aliphatic carbocycles. The van der Waals surface area contributed by atoms with Gasteiger partial charge in [-0.25, -0.2) is 0 Å². The van der Waals surface area contributed by atoms with Gasteiger partial charge in [-0.1, -0.05) is 0 Å². The number of halogens is 2. The Morgan fingerprint density at radius 1 is 0.889 bits per heavy atom. The maximum atomic E-state index is 12.7. The minimum Gasteiger partial charge on any atom is -0.299 e. The number of ketones is 1. The molecule has 0 heterocycles. The van der Waals surface area contributed by atoms with E-state index in [2.05, 4.69) is 31.9 Å². The molecular formula is C15H14Br2O. The molecule has 0 aliphatic heterocycles. The van der Waals surface area contributed by atoms with Gasteiger partial charge in [0.2, 0.25) is 0 Å². The molecular weight excluding hydrogens is 356 g/mol. The third-order valence-corrected chi connectivity index (χ3v) is 8.64. The van der Waals surface area contributed by atoms with E-state index < -0.39 is 0 Å². The average molecular weight is 370 g/mol. The van der Waals surface area contributed by atoms with Crippen molar-refractivity contribution in [2.24, 2.45) is 59.2 Å². The van der Waals surface area contributed by atoms with E-state index in [0.29, 0.717) is 17.6 Å². The Bertz CT molecular complexity index is 549. The highest BCUT2D eigenvalue weighted by atomic mass is 79.9. The Balaban J connectivity index is 1.70. The SMILES string of the molecule is O=C1C2CC3C(=C(Br)Br)C4C5CC6C(C15)C2C3C64. The molecule has 0 amide bonds. The van der Waals surface area contributed by atoms with Crippen LogP contribution in [0.15, 0.2) is 8.96 Å². The maximum absolute atomic E-state index is 12.7. The first-order valence-electron chi connectivity index (χ1n) is 7.29. The highest BCUT2D eigenvalue weighted by Gasteiger charge is 2.81. The Morgan fingerprint density at radius 3 is 2.39 bits per heavy atom. The van der Waals surface area contributed by atoms with Crippen molar-refractivity contribution in [1.29, 1.82) is 0 Å². The lowest BCUT2D eigenvalue weighted by molar-refractivity contribution is -0.126. The third kappa shape index (κ3) is 0.738. The molecule has 2 bridgehead atoms. The summed E-state index contributed by atoms with van der Waals surface area (Å²) in [5.74, 6) is 8.26. The smallest absolute Gasteiger partial charge is 0.139 e. The molecule has 10 unspecified atom stereocenters. The molecule has 10 atom stereocenters. The summed E-state index contributed by atoms with van der Waals surface area (Å²) in [6, 6.07) is 0. The van der Waals surface area contributed by atoms with E-state index >= 15 is 0 Å². The van der Waals surface area contributed by atoms with Crippen LogP contribution in [-0.2, 0) is 4.79 Å². The van der Waals surface area contributed by atoms with Crippen molar-refractivity contribution in [2.45, 2.75) is 12.8 Å². The fourth-order valence-electron chi connectivity index (χ4n) is 7.97. The molecule has 3 heteroatoms. The van der Waals surface area contributed by atoms with Crippen LogP contribution in [0.1, 0.15) is 12.8 Å². The van der Waals surface area contributed by atoms with Crippen molar-refractivity contribution in [3.8, 4) is 0 Å². The van der Waals surface area contributed by atoms with E-state index in [1.54, 1.807) is 5.57 Å². The summed E-state index contributed by atoms with van der Waals surface area (Å²) in [4.78, 5) is 12.7. The topological polar surface area (TPSA) is 17.1 Å². The van der Waals surface area contributed by atoms with Gasteiger partial charge >= 0.3 is 0 Å². The van der Waals surface area contributed by atoms with Crippen molar-refractivity contribution in [2.75, 3.05) is 0 Å².